The number of thiophene rings is 1. The van der Waals surface area contributed by atoms with Gasteiger partial charge >= 0.3 is 6.09 Å². The predicted molar refractivity (Wildman–Crippen MR) is 92.3 cm³/mol. The van der Waals surface area contributed by atoms with Crippen molar-refractivity contribution in [2.45, 2.75) is 19.0 Å². The van der Waals surface area contributed by atoms with Crippen LogP contribution in [-0.2, 0) is 16.1 Å². The maximum Gasteiger partial charge on any atom is 0.416 e. The number of hydrogen-bond acceptors (Lipinski definition) is 7. The molecule has 2 amide bonds. The minimum Gasteiger partial charge on any atom is -0.490 e. The number of ether oxygens (including phenoxy) is 2. The first-order chi connectivity index (χ1) is 12.9. The molecule has 2 aliphatic rings. The molecular weight excluding hydrogens is 384 g/mol. The smallest absolute Gasteiger partial charge is 0.416 e. The van der Waals surface area contributed by atoms with Gasteiger partial charge in [-0.15, -0.1) is 11.3 Å². The van der Waals surface area contributed by atoms with Crippen LogP contribution in [0.25, 0.3) is 10.7 Å². The summed E-state index contributed by atoms with van der Waals surface area (Å²) < 4.78 is 38.6. The van der Waals surface area contributed by atoms with Crippen LogP contribution in [0.2, 0.25) is 0 Å². The number of nitrogens with zero attached hydrogens (tertiary/aromatic N) is 3. The van der Waals surface area contributed by atoms with E-state index in [1.54, 1.807) is 10.6 Å². The van der Waals surface area contributed by atoms with Crippen molar-refractivity contribution in [3.05, 3.63) is 12.3 Å². The summed E-state index contributed by atoms with van der Waals surface area (Å²) in [5.41, 5.74) is 5.13. The molecular formula is C15H15F2N5O4S. The molecule has 1 fully saturated rings. The minimum atomic E-state index is -2.75. The fraction of sp³-hybridized carbons (Fsp3) is 0.400. The first-order valence-corrected chi connectivity index (χ1v) is 8.86. The third kappa shape index (κ3) is 3.16. The van der Waals surface area contributed by atoms with Gasteiger partial charge < -0.3 is 25.1 Å². The molecule has 0 aromatic carbocycles. The lowest BCUT2D eigenvalue weighted by Crippen LogP contribution is -2.38. The summed E-state index contributed by atoms with van der Waals surface area (Å²) in [6.45, 7) is 0.364. The average molecular weight is 399 g/mol. The molecule has 2 aliphatic heterocycles. The van der Waals surface area contributed by atoms with Gasteiger partial charge in [0.1, 0.15) is 29.9 Å². The number of nitrogens with one attached hydrogen (secondary N) is 1. The maximum absolute atomic E-state index is 13.2. The van der Waals surface area contributed by atoms with E-state index in [4.69, 9.17) is 15.2 Å². The summed E-state index contributed by atoms with van der Waals surface area (Å²) in [7, 11) is 0. The van der Waals surface area contributed by atoms with Gasteiger partial charge in [-0.1, -0.05) is 0 Å². The van der Waals surface area contributed by atoms with Gasteiger partial charge in [0.2, 0.25) is 5.91 Å². The number of halogens is 2. The van der Waals surface area contributed by atoms with Crippen LogP contribution < -0.4 is 20.7 Å². The van der Waals surface area contributed by atoms with E-state index in [0.717, 1.165) is 4.90 Å². The molecule has 0 radical (unpaired) electrons. The highest BCUT2D eigenvalue weighted by atomic mass is 32.1. The van der Waals surface area contributed by atoms with Gasteiger partial charge in [0.05, 0.1) is 18.1 Å². The van der Waals surface area contributed by atoms with Gasteiger partial charge in [-0.05, 0) is 0 Å². The summed E-state index contributed by atoms with van der Waals surface area (Å²) in [5.74, 6) is 0.638. The van der Waals surface area contributed by atoms with Crippen molar-refractivity contribution in [1.29, 1.82) is 0 Å². The summed E-state index contributed by atoms with van der Waals surface area (Å²) in [4.78, 5) is 28.8. The van der Waals surface area contributed by atoms with Crippen LogP contribution in [0.3, 0.4) is 0 Å². The Hall–Kier alpha value is -2.89. The highest BCUT2D eigenvalue weighted by Crippen LogP contribution is 2.43. The SMILES string of the molecule is NC(=O)CNc1cc2c(s1)-c1nc(N3C(=O)OCC3C(F)F)cn1CCO2. The lowest BCUT2D eigenvalue weighted by molar-refractivity contribution is -0.116. The molecule has 144 valence electrons. The number of amides is 2. The lowest BCUT2D eigenvalue weighted by atomic mass is 10.3. The number of fused-ring (bicyclic) bond motifs is 3. The van der Waals surface area contributed by atoms with Crippen molar-refractivity contribution in [1.82, 2.24) is 9.55 Å². The van der Waals surface area contributed by atoms with E-state index in [-0.39, 0.29) is 19.0 Å². The number of cyclic esters (lactones) is 1. The third-order valence-electron chi connectivity index (χ3n) is 4.14. The molecule has 3 N–H and O–H groups in total. The van der Waals surface area contributed by atoms with E-state index in [1.165, 1.54) is 17.5 Å². The van der Waals surface area contributed by atoms with E-state index in [2.05, 4.69) is 10.3 Å². The molecule has 0 bridgehead atoms. The van der Waals surface area contributed by atoms with E-state index in [9.17, 15) is 18.4 Å². The van der Waals surface area contributed by atoms with Gasteiger partial charge in [-0.2, -0.15) is 0 Å². The summed E-state index contributed by atoms with van der Waals surface area (Å²) >= 11 is 1.29. The highest BCUT2D eigenvalue weighted by molar-refractivity contribution is 7.19. The number of nitrogens with two attached hydrogens (primary N) is 1. The van der Waals surface area contributed by atoms with Crippen molar-refractivity contribution < 1.29 is 27.8 Å². The maximum atomic E-state index is 13.2. The second kappa shape index (κ2) is 6.68. The van der Waals surface area contributed by atoms with E-state index in [0.29, 0.717) is 34.6 Å². The van der Waals surface area contributed by atoms with Crippen molar-refractivity contribution in [3.8, 4) is 16.5 Å². The van der Waals surface area contributed by atoms with Crippen LogP contribution in [0, 0.1) is 0 Å². The second-order valence-corrected chi connectivity index (χ2v) is 6.99. The summed E-state index contributed by atoms with van der Waals surface area (Å²) in [5, 5.41) is 3.54. The van der Waals surface area contributed by atoms with E-state index in [1.807, 2.05) is 0 Å². The van der Waals surface area contributed by atoms with Crippen molar-refractivity contribution in [2.24, 2.45) is 5.73 Å². The van der Waals surface area contributed by atoms with E-state index >= 15 is 0 Å². The normalized spacial score (nSPS) is 18.6. The molecule has 9 nitrogen and oxygen atoms in total. The Morgan fingerprint density at radius 1 is 1.48 bits per heavy atom. The first kappa shape index (κ1) is 17.5. The Bertz CT molecular complexity index is 899. The summed E-state index contributed by atoms with van der Waals surface area (Å²) in [6, 6.07) is 0.349. The fourth-order valence-corrected chi connectivity index (χ4v) is 3.91. The monoisotopic (exact) mass is 399 g/mol. The molecule has 2 aromatic rings. The Balaban J connectivity index is 1.69. The Labute approximate surface area is 155 Å². The molecule has 2 aromatic heterocycles. The van der Waals surface area contributed by atoms with E-state index < -0.39 is 24.5 Å². The number of aromatic nitrogens is 2. The first-order valence-electron chi connectivity index (χ1n) is 8.04. The van der Waals surface area contributed by atoms with Gasteiger partial charge in [0.25, 0.3) is 6.43 Å². The minimum absolute atomic E-state index is 0.0330. The van der Waals surface area contributed by atoms with Crippen LogP contribution in [-0.4, -0.2) is 53.8 Å². The second-order valence-electron chi connectivity index (χ2n) is 5.94. The molecule has 0 saturated carbocycles. The molecule has 1 unspecified atom stereocenters. The summed E-state index contributed by atoms with van der Waals surface area (Å²) in [6.07, 6.45) is -2.06. The van der Waals surface area contributed by atoms with Crippen molar-refractivity contribution in [3.63, 3.8) is 0 Å². The zero-order chi connectivity index (χ0) is 19.1. The molecule has 0 spiro atoms. The topological polar surface area (TPSA) is 112 Å². The fourth-order valence-electron chi connectivity index (χ4n) is 2.91. The average Bonchev–Trinajstić information content (AvgIpc) is 3.28. The van der Waals surface area contributed by atoms with Crippen LogP contribution in [0.4, 0.5) is 24.4 Å². The Morgan fingerprint density at radius 2 is 2.30 bits per heavy atom. The largest absolute Gasteiger partial charge is 0.490 e. The zero-order valence-corrected chi connectivity index (χ0v) is 14.7. The molecule has 12 heteroatoms. The Morgan fingerprint density at radius 3 is 3.04 bits per heavy atom. The number of anilines is 2. The number of hydrogen-bond donors (Lipinski definition) is 2. The van der Waals surface area contributed by atoms with Crippen LogP contribution in [0.5, 0.6) is 5.75 Å². The molecule has 27 heavy (non-hydrogen) atoms. The molecule has 4 heterocycles. The molecule has 0 aliphatic carbocycles. The Kier molecular flexibility index (Phi) is 4.34. The van der Waals surface area contributed by atoms with Gasteiger partial charge in [-0.3, -0.25) is 4.79 Å². The molecule has 4 rings (SSSR count). The predicted octanol–water partition coefficient (Wildman–Crippen LogP) is 1.49. The number of carbonyl (C=O) groups is 2. The number of primary amides is 1. The number of carbonyl (C=O) groups excluding carboxylic acids is 2. The number of rotatable bonds is 5. The van der Waals surface area contributed by atoms with Crippen molar-refractivity contribution in [2.75, 3.05) is 30.0 Å². The van der Waals surface area contributed by atoms with Gasteiger partial charge in [-0.25, -0.2) is 23.5 Å². The molecule has 1 atom stereocenters. The number of imidazole rings is 1. The van der Waals surface area contributed by atoms with Gasteiger partial charge in [0.15, 0.2) is 11.6 Å². The molecule has 1 saturated heterocycles. The highest BCUT2D eigenvalue weighted by Gasteiger charge is 2.42. The van der Waals surface area contributed by atoms with Gasteiger partial charge in [0, 0.05) is 12.3 Å². The van der Waals surface area contributed by atoms with Crippen LogP contribution in [0.1, 0.15) is 0 Å². The lowest BCUT2D eigenvalue weighted by Gasteiger charge is -2.17. The quantitative estimate of drug-likeness (QED) is 0.788. The van der Waals surface area contributed by atoms with Crippen LogP contribution in [0.15, 0.2) is 12.3 Å². The third-order valence-corrected chi connectivity index (χ3v) is 5.21. The standard InChI is InChI=1S/C15H15F2N5O4S/c16-13(17)7-6-26-15(24)22(7)10-5-21-1-2-25-8-3-11(19-4-9(18)23)27-12(8)14(21)20-10/h3,5,7,13,19H,1-2,4,6H2,(H2,18,23). The number of alkyl halides is 2. The zero-order valence-electron chi connectivity index (χ0n) is 13.9. The van der Waals surface area contributed by atoms with Crippen molar-refractivity contribution >= 4 is 34.2 Å². The van der Waals surface area contributed by atoms with Crippen LogP contribution >= 0.6 is 11.3 Å².